The summed E-state index contributed by atoms with van der Waals surface area (Å²) in [6.07, 6.45) is 5.66. The number of allylic oxidation sites excluding steroid dienone is 1. The molecule has 70 valence electrons. The van der Waals surface area contributed by atoms with Crippen molar-refractivity contribution in [1.29, 1.82) is 0 Å². The van der Waals surface area contributed by atoms with Crippen LogP contribution in [-0.2, 0) is 4.74 Å². The average molecular weight is 170 g/mol. The quantitative estimate of drug-likeness (QED) is 0.653. The van der Waals surface area contributed by atoms with Crippen molar-refractivity contribution in [2.45, 2.75) is 50.9 Å². The first-order valence-corrected chi connectivity index (χ1v) is 4.68. The van der Waals surface area contributed by atoms with Gasteiger partial charge in [-0.1, -0.05) is 6.08 Å². The van der Waals surface area contributed by atoms with Crippen molar-refractivity contribution in [3.8, 4) is 0 Å². The molecular formula is C10H18O2. The molecule has 0 aromatic rings. The molecule has 1 aliphatic rings. The maximum atomic E-state index is 9.63. The van der Waals surface area contributed by atoms with Gasteiger partial charge >= 0.3 is 0 Å². The van der Waals surface area contributed by atoms with E-state index in [1.54, 1.807) is 0 Å². The summed E-state index contributed by atoms with van der Waals surface area (Å²) >= 11 is 0. The molecule has 0 aromatic heterocycles. The molecule has 1 fully saturated rings. The van der Waals surface area contributed by atoms with Gasteiger partial charge in [0.2, 0.25) is 0 Å². The van der Waals surface area contributed by atoms with Gasteiger partial charge in [-0.2, -0.15) is 0 Å². The van der Waals surface area contributed by atoms with E-state index in [-0.39, 0.29) is 12.2 Å². The molecule has 2 nitrogen and oxygen atoms in total. The zero-order valence-corrected chi connectivity index (χ0v) is 7.70. The summed E-state index contributed by atoms with van der Waals surface area (Å²) in [5.74, 6) is 0. The fourth-order valence-electron chi connectivity index (χ4n) is 1.59. The summed E-state index contributed by atoms with van der Waals surface area (Å²) in [4.78, 5) is 0. The topological polar surface area (TPSA) is 29.5 Å². The highest BCUT2D eigenvalue weighted by molar-refractivity contribution is 4.79. The van der Waals surface area contributed by atoms with Gasteiger partial charge in [-0.25, -0.2) is 0 Å². The Balaban J connectivity index is 2.22. The van der Waals surface area contributed by atoms with Crippen molar-refractivity contribution in [1.82, 2.24) is 0 Å². The molecule has 3 unspecified atom stereocenters. The van der Waals surface area contributed by atoms with Crippen molar-refractivity contribution in [2.24, 2.45) is 0 Å². The van der Waals surface area contributed by atoms with Crippen LogP contribution in [0.4, 0.5) is 0 Å². The van der Waals surface area contributed by atoms with Crippen LogP contribution in [0.3, 0.4) is 0 Å². The Hall–Kier alpha value is -0.340. The third-order valence-electron chi connectivity index (χ3n) is 2.36. The second kappa shape index (κ2) is 4.63. The van der Waals surface area contributed by atoms with E-state index in [1.807, 2.05) is 6.08 Å². The van der Waals surface area contributed by atoms with E-state index >= 15 is 0 Å². The lowest BCUT2D eigenvalue weighted by Gasteiger charge is -2.17. The van der Waals surface area contributed by atoms with Gasteiger partial charge in [0.1, 0.15) is 0 Å². The van der Waals surface area contributed by atoms with Crippen molar-refractivity contribution >= 4 is 0 Å². The highest BCUT2D eigenvalue weighted by Gasteiger charge is 2.27. The Morgan fingerprint density at radius 1 is 1.67 bits per heavy atom. The van der Waals surface area contributed by atoms with Crippen LogP contribution < -0.4 is 0 Å². The molecule has 0 amide bonds. The summed E-state index contributed by atoms with van der Waals surface area (Å²) in [7, 11) is 0. The molecule has 2 heteroatoms. The maximum Gasteiger partial charge on any atom is 0.0838 e. The Morgan fingerprint density at radius 3 is 2.92 bits per heavy atom. The third kappa shape index (κ3) is 2.61. The number of ether oxygens (including phenoxy) is 1. The summed E-state index contributed by atoms with van der Waals surface area (Å²) in [5.41, 5.74) is 0. The summed E-state index contributed by atoms with van der Waals surface area (Å²) < 4.78 is 5.54. The van der Waals surface area contributed by atoms with Crippen molar-refractivity contribution < 1.29 is 9.84 Å². The molecule has 0 spiro atoms. The van der Waals surface area contributed by atoms with Crippen LogP contribution in [0.1, 0.15) is 32.6 Å². The van der Waals surface area contributed by atoms with E-state index in [0.717, 1.165) is 25.7 Å². The van der Waals surface area contributed by atoms with Gasteiger partial charge in [0.15, 0.2) is 0 Å². The molecule has 12 heavy (non-hydrogen) atoms. The van der Waals surface area contributed by atoms with Gasteiger partial charge in [0.05, 0.1) is 18.3 Å². The smallest absolute Gasteiger partial charge is 0.0838 e. The van der Waals surface area contributed by atoms with Crippen LogP contribution in [0.2, 0.25) is 0 Å². The second-order valence-electron chi connectivity index (χ2n) is 3.50. The number of aliphatic hydroxyl groups excluding tert-OH is 1. The van der Waals surface area contributed by atoms with Gasteiger partial charge in [0, 0.05) is 0 Å². The van der Waals surface area contributed by atoms with Gasteiger partial charge in [-0.05, 0) is 32.6 Å². The van der Waals surface area contributed by atoms with Gasteiger partial charge in [-0.15, -0.1) is 6.58 Å². The largest absolute Gasteiger partial charge is 0.390 e. The zero-order valence-electron chi connectivity index (χ0n) is 7.70. The predicted octanol–water partition coefficient (Wildman–Crippen LogP) is 1.88. The Labute approximate surface area is 74.2 Å². The van der Waals surface area contributed by atoms with Crippen molar-refractivity contribution in [2.75, 3.05) is 0 Å². The first kappa shape index (κ1) is 9.75. The molecule has 0 radical (unpaired) electrons. The van der Waals surface area contributed by atoms with E-state index in [9.17, 15) is 5.11 Å². The fraction of sp³-hybridized carbons (Fsp3) is 0.800. The van der Waals surface area contributed by atoms with Crippen LogP contribution in [-0.4, -0.2) is 23.4 Å². The first-order valence-electron chi connectivity index (χ1n) is 4.68. The Bertz CT molecular complexity index is 145. The number of aliphatic hydroxyl groups is 1. The number of hydrogen-bond donors (Lipinski definition) is 1. The van der Waals surface area contributed by atoms with E-state index in [0.29, 0.717) is 6.10 Å². The highest BCUT2D eigenvalue weighted by atomic mass is 16.5. The minimum Gasteiger partial charge on any atom is -0.390 e. The Morgan fingerprint density at radius 2 is 2.42 bits per heavy atom. The minimum atomic E-state index is -0.298. The Kier molecular flexibility index (Phi) is 3.76. The van der Waals surface area contributed by atoms with Gasteiger partial charge < -0.3 is 9.84 Å². The second-order valence-corrected chi connectivity index (χ2v) is 3.50. The molecule has 1 N–H and O–H groups in total. The first-order chi connectivity index (χ1) is 5.74. The van der Waals surface area contributed by atoms with E-state index in [2.05, 4.69) is 13.5 Å². The number of hydrogen-bond acceptors (Lipinski definition) is 2. The zero-order chi connectivity index (χ0) is 8.97. The summed E-state index contributed by atoms with van der Waals surface area (Å²) in [6, 6.07) is 0. The van der Waals surface area contributed by atoms with Gasteiger partial charge in [-0.3, -0.25) is 0 Å². The fourth-order valence-corrected chi connectivity index (χ4v) is 1.59. The molecule has 1 saturated heterocycles. The van der Waals surface area contributed by atoms with Crippen molar-refractivity contribution in [3.63, 3.8) is 0 Å². The normalized spacial score (nSPS) is 31.8. The van der Waals surface area contributed by atoms with Crippen LogP contribution in [0.15, 0.2) is 12.7 Å². The van der Waals surface area contributed by atoms with Crippen LogP contribution in [0, 0.1) is 0 Å². The predicted molar refractivity (Wildman–Crippen MR) is 49.0 cm³/mol. The lowest BCUT2D eigenvalue weighted by molar-refractivity contribution is -0.0309. The molecule has 0 bridgehead atoms. The molecular weight excluding hydrogens is 152 g/mol. The monoisotopic (exact) mass is 170 g/mol. The molecule has 1 aliphatic heterocycles. The lowest BCUT2D eigenvalue weighted by atomic mass is 10.1. The third-order valence-corrected chi connectivity index (χ3v) is 2.36. The highest BCUT2D eigenvalue weighted by Crippen LogP contribution is 2.23. The minimum absolute atomic E-state index is 0.0694. The van der Waals surface area contributed by atoms with Crippen molar-refractivity contribution in [3.05, 3.63) is 12.7 Å². The molecule has 0 aromatic carbocycles. The summed E-state index contributed by atoms with van der Waals surface area (Å²) in [5, 5.41) is 9.63. The van der Waals surface area contributed by atoms with Gasteiger partial charge in [0.25, 0.3) is 0 Å². The molecule has 3 atom stereocenters. The van der Waals surface area contributed by atoms with Crippen LogP contribution in [0.5, 0.6) is 0 Å². The lowest BCUT2D eigenvalue weighted by Crippen LogP contribution is -2.25. The number of rotatable bonds is 4. The molecule has 1 heterocycles. The van der Waals surface area contributed by atoms with Crippen LogP contribution in [0.25, 0.3) is 0 Å². The molecule has 0 aliphatic carbocycles. The maximum absolute atomic E-state index is 9.63. The summed E-state index contributed by atoms with van der Waals surface area (Å²) in [6.45, 7) is 5.68. The molecule has 1 rings (SSSR count). The van der Waals surface area contributed by atoms with E-state index in [4.69, 9.17) is 4.74 Å². The SMILES string of the molecule is C=CCCC(O)C1CCC(C)O1. The average Bonchev–Trinajstić information content (AvgIpc) is 2.47. The van der Waals surface area contributed by atoms with E-state index < -0.39 is 0 Å². The van der Waals surface area contributed by atoms with E-state index in [1.165, 1.54) is 0 Å². The standard InChI is InChI=1S/C10H18O2/c1-3-4-5-9(11)10-7-6-8(2)12-10/h3,8-11H,1,4-7H2,2H3. The molecule has 0 saturated carbocycles. The van der Waals surface area contributed by atoms with Crippen LogP contribution >= 0.6 is 0 Å².